The van der Waals surface area contributed by atoms with E-state index in [1.807, 2.05) is 0 Å². The number of methoxy groups -OCH3 is 1. The zero-order valence-electron chi connectivity index (χ0n) is 7.71. The molecule has 0 amide bonds. The van der Waals surface area contributed by atoms with Crippen LogP contribution in [-0.4, -0.2) is 52.4 Å². The van der Waals surface area contributed by atoms with Crippen molar-refractivity contribution in [3.63, 3.8) is 0 Å². The van der Waals surface area contributed by atoms with Crippen LogP contribution in [0.3, 0.4) is 0 Å². The summed E-state index contributed by atoms with van der Waals surface area (Å²) in [5.41, 5.74) is 0. The largest absolute Gasteiger partial charge is 0.481 e. The molecule has 0 aromatic heterocycles. The van der Waals surface area contributed by atoms with Crippen molar-refractivity contribution < 1.29 is 34.8 Å². The van der Waals surface area contributed by atoms with Gasteiger partial charge in [0.1, 0.15) is 0 Å². The topological polar surface area (TPSA) is 124 Å². The smallest absolute Gasteiger partial charge is 0.303 e. The van der Waals surface area contributed by atoms with Gasteiger partial charge in [0, 0.05) is 7.11 Å². The molecule has 0 fully saturated rings. The number of carboxylic acid groups (broad SMARTS) is 2. The minimum Gasteiger partial charge on any atom is -0.481 e. The number of hydrogen-bond donors (Lipinski definition) is 4. The number of aliphatic carboxylic acids is 2. The fourth-order valence-corrected chi connectivity index (χ4v) is 0.288. The highest BCUT2D eigenvalue weighted by Gasteiger charge is 2.00. The van der Waals surface area contributed by atoms with Crippen LogP contribution >= 0.6 is 0 Å². The Bertz CT molecular complexity index is 149. The van der Waals surface area contributed by atoms with E-state index in [4.69, 9.17) is 20.4 Å². The molecule has 1 atom stereocenters. The highest BCUT2D eigenvalue weighted by molar-refractivity contribution is 5.75. The van der Waals surface area contributed by atoms with Crippen LogP contribution in [0.2, 0.25) is 0 Å². The van der Waals surface area contributed by atoms with Crippen molar-refractivity contribution in [1.82, 2.24) is 0 Å². The molecule has 0 aromatic rings. The van der Waals surface area contributed by atoms with Crippen LogP contribution in [0.25, 0.3) is 0 Å². The first-order valence-electron chi connectivity index (χ1n) is 3.69. The Balaban J connectivity index is 0. The number of carboxylic acids is 2. The predicted molar refractivity (Wildman–Crippen MR) is 44.6 cm³/mol. The average molecular weight is 210 g/mol. The third-order valence-corrected chi connectivity index (χ3v) is 0.981. The van der Waals surface area contributed by atoms with Gasteiger partial charge in [-0.2, -0.15) is 0 Å². The Morgan fingerprint density at radius 3 is 1.64 bits per heavy atom. The van der Waals surface area contributed by atoms with Crippen molar-refractivity contribution in [2.75, 3.05) is 13.7 Å². The molecule has 84 valence electrons. The molecular weight excluding hydrogens is 196 g/mol. The van der Waals surface area contributed by atoms with E-state index in [-0.39, 0.29) is 19.4 Å². The quantitative estimate of drug-likeness (QED) is 0.423. The lowest BCUT2D eigenvalue weighted by Crippen LogP contribution is -2.12. The Morgan fingerprint density at radius 1 is 1.21 bits per heavy atom. The average Bonchev–Trinajstić information content (AvgIpc) is 2.14. The molecule has 0 aliphatic carbocycles. The summed E-state index contributed by atoms with van der Waals surface area (Å²) in [6.45, 7) is -0.337. The molecule has 0 rings (SSSR count). The van der Waals surface area contributed by atoms with Crippen molar-refractivity contribution >= 4 is 11.9 Å². The lowest BCUT2D eigenvalue weighted by Gasteiger charge is -1.99. The van der Waals surface area contributed by atoms with Crippen LogP contribution < -0.4 is 0 Å². The van der Waals surface area contributed by atoms with Crippen molar-refractivity contribution in [3.8, 4) is 0 Å². The molecule has 0 saturated heterocycles. The molecule has 0 saturated carbocycles. The molecule has 7 nitrogen and oxygen atoms in total. The maximum absolute atomic E-state index is 9.64. The maximum atomic E-state index is 9.64. The fourth-order valence-electron chi connectivity index (χ4n) is 0.288. The number of ether oxygens (including phenoxy) is 1. The van der Waals surface area contributed by atoms with Crippen LogP contribution in [0.5, 0.6) is 0 Å². The van der Waals surface area contributed by atoms with Gasteiger partial charge < -0.3 is 25.2 Å². The Hall–Kier alpha value is -1.18. The molecule has 0 radical (unpaired) electrons. The van der Waals surface area contributed by atoms with Gasteiger partial charge in [-0.1, -0.05) is 0 Å². The number of hydrogen-bond acceptors (Lipinski definition) is 5. The summed E-state index contributed by atoms with van der Waals surface area (Å²) in [6.07, 6.45) is -1.60. The van der Waals surface area contributed by atoms with E-state index in [0.29, 0.717) is 0 Å². The molecule has 0 aliphatic heterocycles. The molecule has 0 heterocycles. The molecule has 7 heteroatoms. The molecule has 14 heavy (non-hydrogen) atoms. The first-order chi connectivity index (χ1) is 6.43. The van der Waals surface area contributed by atoms with Crippen molar-refractivity contribution in [3.05, 3.63) is 0 Å². The monoisotopic (exact) mass is 210 g/mol. The van der Waals surface area contributed by atoms with E-state index in [2.05, 4.69) is 4.74 Å². The van der Waals surface area contributed by atoms with E-state index in [1.165, 1.54) is 7.11 Å². The lowest BCUT2D eigenvalue weighted by atomic mass is 10.3. The van der Waals surface area contributed by atoms with Gasteiger partial charge in [0.2, 0.25) is 0 Å². The molecule has 0 aromatic carbocycles. The minimum absolute atomic E-state index is 0.296. The number of aliphatic hydroxyl groups is 2. The normalized spacial score (nSPS) is 11.1. The van der Waals surface area contributed by atoms with Gasteiger partial charge in [-0.3, -0.25) is 9.59 Å². The van der Waals surface area contributed by atoms with Crippen LogP contribution in [0.15, 0.2) is 0 Å². The Kier molecular flexibility index (Phi) is 10.8. The standard InChI is InChI=1S/C4H6O4.C3H8O3/c5-3(6)1-2-4(7)8;1-6-3(5)2-4/h1-2H2,(H,5,6)(H,7,8);3-5H,2H2,1H3. The lowest BCUT2D eigenvalue weighted by molar-refractivity contribution is -0.143. The van der Waals surface area contributed by atoms with Crippen molar-refractivity contribution in [1.29, 1.82) is 0 Å². The van der Waals surface area contributed by atoms with Gasteiger partial charge in [0.25, 0.3) is 0 Å². The van der Waals surface area contributed by atoms with Crippen molar-refractivity contribution in [2.24, 2.45) is 0 Å². The second-order valence-electron chi connectivity index (χ2n) is 2.16. The molecule has 1 unspecified atom stereocenters. The second kappa shape index (κ2) is 9.90. The van der Waals surface area contributed by atoms with Gasteiger partial charge >= 0.3 is 11.9 Å². The third-order valence-electron chi connectivity index (χ3n) is 0.981. The van der Waals surface area contributed by atoms with Gasteiger partial charge in [0.15, 0.2) is 6.29 Å². The van der Waals surface area contributed by atoms with Crippen LogP contribution in [-0.2, 0) is 14.3 Å². The van der Waals surface area contributed by atoms with Crippen LogP contribution in [0.4, 0.5) is 0 Å². The Morgan fingerprint density at radius 2 is 1.57 bits per heavy atom. The van der Waals surface area contributed by atoms with E-state index < -0.39 is 18.2 Å². The molecule has 4 N–H and O–H groups in total. The summed E-state index contributed by atoms with van der Waals surface area (Å²) >= 11 is 0. The SMILES string of the molecule is COC(O)CO.O=C(O)CCC(=O)O. The van der Waals surface area contributed by atoms with E-state index >= 15 is 0 Å². The van der Waals surface area contributed by atoms with E-state index in [9.17, 15) is 9.59 Å². The van der Waals surface area contributed by atoms with E-state index in [0.717, 1.165) is 0 Å². The maximum Gasteiger partial charge on any atom is 0.303 e. The van der Waals surface area contributed by atoms with Gasteiger partial charge in [-0.25, -0.2) is 0 Å². The summed E-state index contributed by atoms with van der Waals surface area (Å²) in [5, 5.41) is 32.0. The first kappa shape index (κ1) is 15.3. The molecule has 0 spiro atoms. The van der Waals surface area contributed by atoms with Gasteiger partial charge in [-0.05, 0) is 0 Å². The molecular formula is C7H14O7. The minimum atomic E-state index is -1.08. The predicted octanol–water partition coefficient (Wildman–Crippen LogP) is -1.12. The zero-order valence-corrected chi connectivity index (χ0v) is 7.71. The Labute approximate surface area is 80.5 Å². The molecule has 0 aliphatic rings. The highest BCUT2D eigenvalue weighted by Crippen LogP contribution is 1.86. The summed E-state index contributed by atoms with van der Waals surface area (Å²) in [6, 6.07) is 0. The van der Waals surface area contributed by atoms with Gasteiger partial charge in [-0.15, -0.1) is 0 Å². The van der Waals surface area contributed by atoms with E-state index in [1.54, 1.807) is 0 Å². The number of carbonyl (C=O) groups is 2. The van der Waals surface area contributed by atoms with Crippen LogP contribution in [0, 0.1) is 0 Å². The highest BCUT2D eigenvalue weighted by atomic mass is 16.6. The van der Waals surface area contributed by atoms with Gasteiger partial charge in [0.05, 0.1) is 19.4 Å². The molecule has 0 bridgehead atoms. The third kappa shape index (κ3) is 17.1. The fraction of sp³-hybridized carbons (Fsp3) is 0.714. The number of rotatable bonds is 5. The summed E-state index contributed by atoms with van der Waals surface area (Å²) in [4.78, 5) is 19.3. The summed E-state index contributed by atoms with van der Waals surface area (Å²) in [7, 11) is 1.32. The van der Waals surface area contributed by atoms with Crippen LogP contribution in [0.1, 0.15) is 12.8 Å². The van der Waals surface area contributed by atoms with Crippen molar-refractivity contribution in [2.45, 2.75) is 19.1 Å². The summed E-state index contributed by atoms with van der Waals surface area (Å²) < 4.78 is 4.20. The summed E-state index contributed by atoms with van der Waals surface area (Å²) in [5.74, 6) is -2.15. The second-order valence-corrected chi connectivity index (χ2v) is 2.16. The zero-order chi connectivity index (χ0) is 11.6. The first-order valence-corrected chi connectivity index (χ1v) is 3.69. The number of aliphatic hydroxyl groups excluding tert-OH is 2.